The number of hydrogen-bond donors (Lipinski definition) is 1. The molecule has 25 heavy (non-hydrogen) atoms. The zero-order valence-corrected chi connectivity index (χ0v) is 13.6. The summed E-state index contributed by atoms with van der Waals surface area (Å²) in [5, 5.41) is 9.49. The lowest BCUT2D eigenvalue weighted by Crippen LogP contribution is -2.06. The van der Waals surface area contributed by atoms with Crippen LogP contribution in [-0.2, 0) is 11.3 Å². The Morgan fingerprint density at radius 1 is 1.16 bits per heavy atom. The summed E-state index contributed by atoms with van der Waals surface area (Å²) in [5.41, 5.74) is 3.92. The lowest BCUT2D eigenvalue weighted by Gasteiger charge is -2.00. The van der Waals surface area contributed by atoms with Gasteiger partial charge < -0.3 is 9.72 Å². The molecule has 0 aliphatic rings. The second kappa shape index (κ2) is 6.24. The van der Waals surface area contributed by atoms with Gasteiger partial charge in [-0.25, -0.2) is 4.79 Å². The molecule has 0 saturated carbocycles. The number of aryl methyl sites for hydroxylation is 1. The number of ether oxygens (including phenoxy) is 1. The van der Waals surface area contributed by atoms with Gasteiger partial charge in [0.1, 0.15) is 18.0 Å². The number of hydrogen-bond acceptors (Lipinski definition) is 4. The van der Waals surface area contributed by atoms with E-state index in [9.17, 15) is 4.79 Å². The topological polar surface area (TPSA) is 72.8 Å². The number of nitrogens with zero attached hydrogens (tertiary/aromatic N) is 3. The molecule has 0 spiro atoms. The molecule has 124 valence electrons. The van der Waals surface area contributed by atoms with Gasteiger partial charge >= 0.3 is 5.97 Å². The summed E-state index contributed by atoms with van der Waals surface area (Å²) in [6, 6.07) is 17.3. The van der Waals surface area contributed by atoms with Gasteiger partial charge in [0.15, 0.2) is 0 Å². The highest BCUT2D eigenvalue weighted by Crippen LogP contribution is 2.17. The molecule has 6 nitrogen and oxygen atoms in total. The molecule has 0 amide bonds. The lowest BCUT2D eigenvalue weighted by atomic mass is 10.2. The molecule has 2 aromatic heterocycles. The molecule has 0 aliphatic heterocycles. The van der Waals surface area contributed by atoms with Gasteiger partial charge in [-0.3, -0.25) is 0 Å². The SMILES string of the molecule is Cc1ccc2cc(C(=O)OCc3cnn(-c4ccccc4)n3)[nH]c2c1. The molecular weight excluding hydrogens is 316 g/mol. The number of carbonyl (C=O) groups is 1. The Labute approximate surface area is 144 Å². The molecule has 0 saturated heterocycles. The standard InChI is InChI=1S/C19H16N4O2/c1-13-7-8-14-10-18(21-17(14)9-13)19(24)25-12-15-11-20-23(22-15)16-5-3-2-4-6-16/h2-11,21H,12H2,1H3. The first-order chi connectivity index (χ1) is 12.2. The number of fused-ring (bicyclic) bond motifs is 1. The van der Waals surface area contributed by atoms with Crippen LogP contribution in [0.1, 0.15) is 21.7 Å². The zero-order chi connectivity index (χ0) is 17.2. The van der Waals surface area contributed by atoms with Crippen LogP contribution in [0.5, 0.6) is 0 Å². The monoisotopic (exact) mass is 332 g/mol. The van der Waals surface area contributed by atoms with E-state index in [0.29, 0.717) is 11.4 Å². The fraction of sp³-hybridized carbons (Fsp3) is 0.105. The van der Waals surface area contributed by atoms with Crippen molar-refractivity contribution in [3.8, 4) is 5.69 Å². The maximum Gasteiger partial charge on any atom is 0.355 e. The molecule has 4 rings (SSSR count). The quantitative estimate of drug-likeness (QED) is 0.581. The number of aromatic nitrogens is 4. The van der Waals surface area contributed by atoms with Gasteiger partial charge in [0.05, 0.1) is 11.9 Å². The highest BCUT2D eigenvalue weighted by atomic mass is 16.5. The molecule has 4 aromatic rings. The van der Waals surface area contributed by atoms with E-state index >= 15 is 0 Å². The van der Waals surface area contributed by atoms with E-state index in [4.69, 9.17) is 4.74 Å². The molecule has 0 fully saturated rings. The summed E-state index contributed by atoms with van der Waals surface area (Å²) in [4.78, 5) is 16.8. The molecule has 0 atom stereocenters. The molecule has 6 heteroatoms. The Morgan fingerprint density at radius 2 is 2.00 bits per heavy atom. The first-order valence-corrected chi connectivity index (χ1v) is 7.92. The van der Waals surface area contributed by atoms with Crippen LogP contribution in [0.3, 0.4) is 0 Å². The van der Waals surface area contributed by atoms with Gasteiger partial charge in [0.25, 0.3) is 0 Å². The number of H-pyrrole nitrogens is 1. The van der Waals surface area contributed by atoms with Crippen LogP contribution >= 0.6 is 0 Å². The number of para-hydroxylation sites is 1. The summed E-state index contributed by atoms with van der Waals surface area (Å²) in [7, 11) is 0. The highest BCUT2D eigenvalue weighted by Gasteiger charge is 2.12. The van der Waals surface area contributed by atoms with E-state index in [1.807, 2.05) is 55.5 Å². The van der Waals surface area contributed by atoms with Gasteiger partial charge in [0.2, 0.25) is 0 Å². The van der Waals surface area contributed by atoms with Gasteiger partial charge in [-0.05, 0) is 36.8 Å². The third-order valence-electron chi connectivity index (χ3n) is 3.88. The molecule has 0 bridgehead atoms. The molecule has 2 heterocycles. The molecule has 1 N–H and O–H groups in total. The Balaban J connectivity index is 1.45. The van der Waals surface area contributed by atoms with Crippen molar-refractivity contribution in [2.75, 3.05) is 0 Å². The average molecular weight is 332 g/mol. The minimum Gasteiger partial charge on any atom is -0.454 e. The van der Waals surface area contributed by atoms with Crippen molar-refractivity contribution in [2.24, 2.45) is 0 Å². The van der Waals surface area contributed by atoms with Crippen LogP contribution in [0.25, 0.3) is 16.6 Å². The van der Waals surface area contributed by atoms with Crippen molar-refractivity contribution < 1.29 is 9.53 Å². The minimum absolute atomic E-state index is 0.0695. The maximum atomic E-state index is 12.2. The molecular formula is C19H16N4O2. The largest absolute Gasteiger partial charge is 0.454 e. The number of rotatable bonds is 4. The van der Waals surface area contributed by atoms with Crippen molar-refractivity contribution >= 4 is 16.9 Å². The van der Waals surface area contributed by atoms with Gasteiger partial charge in [0, 0.05) is 10.9 Å². The van der Waals surface area contributed by atoms with Crippen molar-refractivity contribution in [1.29, 1.82) is 0 Å². The van der Waals surface area contributed by atoms with Crippen LogP contribution in [0.4, 0.5) is 0 Å². The number of benzene rings is 2. The van der Waals surface area contributed by atoms with Crippen molar-refractivity contribution in [2.45, 2.75) is 13.5 Å². The smallest absolute Gasteiger partial charge is 0.355 e. The van der Waals surface area contributed by atoms with E-state index in [0.717, 1.165) is 22.2 Å². The third-order valence-corrected chi connectivity index (χ3v) is 3.88. The number of carbonyl (C=O) groups excluding carboxylic acids is 1. The normalized spacial score (nSPS) is 10.9. The highest BCUT2D eigenvalue weighted by molar-refractivity contribution is 5.94. The third kappa shape index (κ3) is 3.14. The summed E-state index contributed by atoms with van der Waals surface area (Å²) in [5.74, 6) is -0.414. The number of aromatic amines is 1. The Kier molecular flexibility index (Phi) is 3.78. The van der Waals surface area contributed by atoms with E-state index < -0.39 is 5.97 Å². The lowest BCUT2D eigenvalue weighted by molar-refractivity contribution is 0.0461. The summed E-state index contributed by atoms with van der Waals surface area (Å²) >= 11 is 0. The Bertz CT molecular complexity index is 1030. The van der Waals surface area contributed by atoms with Crippen molar-refractivity contribution in [3.05, 3.63) is 77.7 Å². The molecule has 2 aromatic carbocycles. The van der Waals surface area contributed by atoms with Crippen molar-refractivity contribution in [3.63, 3.8) is 0 Å². The molecule has 0 aliphatic carbocycles. The summed E-state index contributed by atoms with van der Waals surface area (Å²) in [6.07, 6.45) is 1.59. The van der Waals surface area contributed by atoms with E-state index in [1.54, 1.807) is 12.3 Å². The van der Waals surface area contributed by atoms with Crippen LogP contribution in [0.15, 0.2) is 60.8 Å². The fourth-order valence-electron chi connectivity index (χ4n) is 2.61. The first kappa shape index (κ1) is 15.1. The summed E-state index contributed by atoms with van der Waals surface area (Å²) in [6.45, 7) is 2.08. The van der Waals surface area contributed by atoms with Crippen LogP contribution in [0, 0.1) is 6.92 Å². The summed E-state index contributed by atoms with van der Waals surface area (Å²) < 4.78 is 5.34. The zero-order valence-electron chi connectivity index (χ0n) is 13.6. The Hall–Kier alpha value is -3.41. The van der Waals surface area contributed by atoms with Crippen LogP contribution in [-0.4, -0.2) is 25.9 Å². The molecule has 0 radical (unpaired) electrons. The van der Waals surface area contributed by atoms with E-state index in [1.165, 1.54) is 4.80 Å². The van der Waals surface area contributed by atoms with Gasteiger partial charge in [-0.2, -0.15) is 9.90 Å². The average Bonchev–Trinajstić information content (AvgIpc) is 3.27. The second-order valence-electron chi connectivity index (χ2n) is 5.81. The number of nitrogens with one attached hydrogen (secondary N) is 1. The minimum atomic E-state index is -0.414. The maximum absolute atomic E-state index is 12.2. The predicted molar refractivity (Wildman–Crippen MR) is 93.5 cm³/mol. The fourth-order valence-corrected chi connectivity index (χ4v) is 2.61. The number of esters is 1. The first-order valence-electron chi connectivity index (χ1n) is 7.92. The van der Waals surface area contributed by atoms with Gasteiger partial charge in [-0.15, -0.1) is 5.10 Å². The van der Waals surface area contributed by atoms with Crippen LogP contribution < -0.4 is 0 Å². The van der Waals surface area contributed by atoms with Crippen LogP contribution in [0.2, 0.25) is 0 Å². The van der Waals surface area contributed by atoms with Crippen molar-refractivity contribution in [1.82, 2.24) is 20.0 Å². The molecule has 0 unspecified atom stereocenters. The van der Waals surface area contributed by atoms with E-state index in [-0.39, 0.29) is 6.61 Å². The van der Waals surface area contributed by atoms with Gasteiger partial charge in [-0.1, -0.05) is 30.3 Å². The Morgan fingerprint density at radius 3 is 2.84 bits per heavy atom. The predicted octanol–water partition coefficient (Wildman–Crippen LogP) is 3.41. The van der Waals surface area contributed by atoms with E-state index in [2.05, 4.69) is 15.2 Å². The second-order valence-corrected chi connectivity index (χ2v) is 5.81.